The molecule has 0 fully saturated rings. The molecule has 2 heterocycles. The second kappa shape index (κ2) is 4.85. The first-order valence-electron chi connectivity index (χ1n) is 5.75. The summed E-state index contributed by atoms with van der Waals surface area (Å²) in [6.45, 7) is 0. The van der Waals surface area contributed by atoms with Crippen LogP contribution in [-0.4, -0.2) is 9.97 Å². The highest BCUT2D eigenvalue weighted by Crippen LogP contribution is 2.29. The average molecular weight is 315 g/mol. The summed E-state index contributed by atoms with van der Waals surface area (Å²) in [5.41, 5.74) is 7.27. The number of hydrogen-bond donors (Lipinski definition) is 2. The summed E-state index contributed by atoms with van der Waals surface area (Å²) in [5.74, 6) is 0.727. The molecule has 0 unspecified atom stereocenters. The van der Waals surface area contributed by atoms with E-state index < -0.39 is 0 Å². The van der Waals surface area contributed by atoms with Crippen LogP contribution in [0.1, 0.15) is 0 Å². The lowest BCUT2D eigenvalue weighted by atomic mass is 10.1. The highest BCUT2D eigenvalue weighted by molar-refractivity contribution is 9.10. The molecular formula is C14H11BrN4. The first-order valence-corrected chi connectivity index (χ1v) is 6.54. The highest BCUT2D eigenvalue weighted by Gasteiger charge is 2.05. The van der Waals surface area contributed by atoms with Crippen LogP contribution in [0.5, 0.6) is 0 Å². The first-order chi connectivity index (χ1) is 9.24. The number of nitrogens with zero attached hydrogens (tertiary/aromatic N) is 2. The zero-order chi connectivity index (χ0) is 13.2. The van der Waals surface area contributed by atoms with Crippen LogP contribution in [-0.2, 0) is 0 Å². The van der Waals surface area contributed by atoms with Crippen LogP contribution in [0.3, 0.4) is 0 Å². The molecule has 0 radical (unpaired) electrons. The molecule has 0 spiro atoms. The van der Waals surface area contributed by atoms with Crippen LogP contribution in [0.2, 0.25) is 0 Å². The largest absolute Gasteiger partial charge is 0.397 e. The van der Waals surface area contributed by atoms with Crippen molar-refractivity contribution in [2.24, 2.45) is 0 Å². The molecule has 4 nitrogen and oxygen atoms in total. The fourth-order valence-electron chi connectivity index (χ4n) is 1.89. The van der Waals surface area contributed by atoms with Gasteiger partial charge < -0.3 is 11.1 Å². The fourth-order valence-corrected chi connectivity index (χ4v) is 2.36. The third-order valence-corrected chi connectivity index (χ3v) is 3.40. The fraction of sp³-hybridized carbons (Fsp3) is 0. The molecule has 3 aromatic rings. The number of nitrogens with one attached hydrogen (secondary N) is 1. The summed E-state index contributed by atoms with van der Waals surface area (Å²) in [4.78, 5) is 8.44. The molecule has 0 saturated heterocycles. The molecule has 0 amide bonds. The molecule has 19 heavy (non-hydrogen) atoms. The quantitative estimate of drug-likeness (QED) is 0.756. The molecule has 0 saturated carbocycles. The Morgan fingerprint density at radius 2 is 2.05 bits per heavy atom. The molecule has 5 heteroatoms. The van der Waals surface area contributed by atoms with Gasteiger partial charge in [-0.15, -0.1) is 0 Å². The monoisotopic (exact) mass is 314 g/mol. The third kappa shape index (κ3) is 2.37. The van der Waals surface area contributed by atoms with Gasteiger partial charge in [-0.05, 0) is 39.5 Å². The van der Waals surface area contributed by atoms with Gasteiger partial charge in [0.1, 0.15) is 5.82 Å². The summed E-state index contributed by atoms with van der Waals surface area (Å²) in [7, 11) is 0. The van der Waals surface area contributed by atoms with Crippen molar-refractivity contribution in [2.45, 2.75) is 0 Å². The van der Waals surface area contributed by atoms with Crippen LogP contribution in [0.15, 0.2) is 53.4 Å². The van der Waals surface area contributed by atoms with Gasteiger partial charge in [-0.2, -0.15) is 0 Å². The van der Waals surface area contributed by atoms with E-state index in [0.29, 0.717) is 5.69 Å². The lowest BCUT2D eigenvalue weighted by Gasteiger charge is -2.10. The lowest BCUT2D eigenvalue weighted by molar-refractivity contribution is 1.29. The number of nitrogen functional groups attached to an aromatic ring is 1. The molecule has 2 aromatic heterocycles. The van der Waals surface area contributed by atoms with E-state index >= 15 is 0 Å². The van der Waals surface area contributed by atoms with Crippen LogP contribution >= 0.6 is 15.9 Å². The summed E-state index contributed by atoms with van der Waals surface area (Å²) in [5, 5.41) is 5.47. The second-order valence-electron chi connectivity index (χ2n) is 4.13. The van der Waals surface area contributed by atoms with Gasteiger partial charge in [0, 0.05) is 23.5 Å². The molecule has 1 aromatic carbocycles. The first kappa shape index (κ1) is 11.9. The summed E-state index contributed by atoms with van der Waals surface area (Å²) >= 11 is 3.45. The van der Waals surface area contributed by atoms with Crippen molar-refractivity contribution >= 4 is 43.9 Å². The van der Waals surface area contributed by atoms with Crippen molar-refractivity contribution in [3.05, 3.63) is 53.4 Å². The SMILES string of the molecule is Nc1cnc(Nc2cccc3ccncc23)c(Br)c1. The number of anilines is 3. The van der Waals surface area contributed by atoms with Crippen molar-refractivity contribution in [1.82, 2.24) is 9.97 Å². The minimum Gasteiger partial charge on any atom is -0.397 e. The van der Waals surface area contributed by atoms with Gasteiger partial charge in [-0.25, -0.2) is 4.98 Å². The summed E-state index contributed by atoms with van der Waals surface area (Å²) < 4.78 is 0.827. The van der Waals surface area contributed by atoms with E-state index in [-0.39, 0.29) is 0 Å². The van der Waals surface area contributed by atoms with E-state index in [2.05, 4.69) is 31.2 Å². The number of aromatic nitrogens is 2. The van der Waals surface area contributed by atoms with Gasteiger partial charge in [0.25, 0.3) is 0 Å². The maximum absolute atomic E-state index is 5.68. The van der Waals surface area contributed by atoms with Crippen LogP contribution in [0.4, 0.5) is 17.2 Å². The Labute approximate surface area is 118 Å². The second-order valence-corrected chi connectivity index (χ2v) is 4.98. The van der Waals surface area contributed by atoms with Gasteiger partial charge in [0.15, 0.2) is 0 Å². The molecular weight excluding hydrogens is 304 g/mol. The molecule has 3 N–H and O–H groups in total. The van der Waals surface area contributed by atoms with Gasteiger partial charge in [-0.1, -0.05) is 12.1 Å². The van der Waals surface area contributed by atoms with Gasteiger partial charge in [0.05, 0.1) is 16.4 Å². The zero-order valence-electron chi connectivity index (χ0n) is 9.97. The molecule has 0 aliphatic rings. The minimum absolute atomic E-state index is 0.622. The Kier molecular flexibility index (Phi) is 3.05. The smallest absolute Gasteiger partial charge is 0.144 e. The van der Waals surface area contributed by atoms with Crippen LogP contribution in [0, 0.1) is 0 Å². The van der Waals surface area contributed by atoms with Crippen LogP contribution in [0.25, 0.3) is 10.8 Å². The molecule has 0 aliphatic carbocycles. The number of nitrogens with two attached hydrogens (primary N) is 1. The number of halogens is 1. The number of benzene rings is 1. The Morgan fingerprint density at radius 3 is 2.89 bits per heavy atom. The van der Waals surface area contributed by atoms with E-state index in [0.717, 1.165) is 26.8 Å². The predicted octanol–water partition coefficient (Wildman–Crippen LogP) is 3.72. The minimum atomic E-state index is 0.622. The number of rotatable bonds is 2. The molecule has 3 rings (SSSR count). The van der Waals surface area contributed by atoms with E-state index in [1.54, 1.807) is 12.4 Å². The zero-order valence-corrected chi connectivity index (χ0v) is 11.6. The Hall–Kier alpha value is -2.14. The van der Waals surface area contributed by atoms with E-state index in [4.69, 9.17) is 5.73 Å². The lowest BCUT2D eigenvalue weighted by Crippen LogP contribution is -1.97. The molecule has 0 atom stereocenters. The van der Waals surface area contributed by atoms with Crippen LogP contribution < -0.4 is 11.1 Å². The van der Waals surface area contributed by atoms with Crippen molar-refractivity contribution in [3.8, 4) is 0 Å². The van der Waals surface area contributed by atoms with E-state index in [1.807, 2.05) is 36.5 Å². The standard InChI is InChI=1S/C14H11BrN4/c15-12-6-10(16)7-18-14(12)19-13-3-1-2-9-4-5-17-8-11(9)13/h1-8H,16H2,(H,18,19). The predicted molar refractivity (Wildman–Crippen MR) is 81.4 cm³/mol. The van der Waals surface area contributed by atoms with Gasteiger partial charge in [-0.3, -0.25) is 4.98 Å². The molecule has 94 valence electrons. The Balaban J connectivity index is 2.06. The number of fused-ring (bicyclic) bond motifs is 1. The Morgan fingerprint density at radius 1 is 1.16 bits per heavy atom. The van der Waals surface area contributed by atoms with E-state index in [9.17, 15) is 0 Å². The van der Waals surface area contributed by atoms with Crippen molar-refractivity contribution in [1.29, 1.82) is 0 Å². The molecule has 0 aliphatic heterocycles. The Bertz CT molecular complexity index is 737. The number of hydrogen-bond acceptors (Lipinski definition) is 4. The number of pyridine rings is 2. The average Bonchev–Trinajstić information content (AvgIpc) is 2.42. The van der Waals surface area contributed by atoms with Crippen molar-refractivity contribution in [3.63, 3.8) is 0 Å². The third-order valence-electron chi connectivity index (χ3n) is 2.80. The van der Waals surface area contributed by atoms with Crippen molar-refractivity contribution < 1.29 is 0 Å². The summed E-state index contributed by atoms with van der Waals surface area (Å²) in [6.07, 6.45) is 5.24. The highest BCUT2D eigenvalue weighted by atomic mass is 79.9. The normalized spacial score (nSPS) is 10.6. The van der Waals surface area contributed by atoms with Crippen molar-refractivity contribution in [2.75, 3.05) is 11.1 Å². The topological polar surface area (TPSA) is 63.8 Å². The maximum Gasteiger partial charge on any atom is 0.144 e. The van der Waals surface area contributed by atoms with E-state index in [1.165, 1.54) is 0 Å². The van der Waals surface area contributed by atoms with Gasteiger partial charge >= 0.3 is 0 Å². The van der Waals surface area contributed by atoms with Gasteiger partial charge in [0.2, 0.25) is 0 Å². The molecule has 0 bridgehead atoms. The summed E-state index contributed by atoms with van der Waals surface area (Å²) in [6, 6.07) is 9.84. The maximum atomic E-state index is 5.68.